The lowest BCUT2D eigenvalue weighted by molar-refractivity contribution is -0.172. The smallest absolute Gasteiger partial charge is 0.412 e. The molecule has 0 fully saturated rings. The number of pyridine rings is 2. The quantitative estimate of drug-likeness (QED) is 0.0933. The Morgan fingerprint density at radius 2 is 1.89 bits per heavy atom. The first-order valence-corrected chi connectivity index (χ1v) is 14.5. The van der Waals surface area contributed by atoms with Gasteiger partial charge in [-0.1, -0.05) is 38.1 Å². The van der Waals surface area contributed by atoms with Crippen molar-refractivity contribution in [3.8, 4) is 17.1 Å². The fraction of sp³-hybridized carbons (Fsp3) is 0.242. The number of rotatable bonds is 7. The van der Waals surface area contributed by atoms with Gasteiger partial charge in [0.15, 0.2) is 5.60 Å². The van der Waals surface area contributed by atoms with E-state index in [-0.39, 0.29) is 42.8 Å². The lowest BCUT2D eigenvalue weighted by Gasteiger charge is -2.31. The molecule has 2 amide bonds. The summed E-state index contributed by atoms with van der Waals surface area (Å²) in [5.41, 5.74) is 4.98. The molecule has 4 aromatic rings. The maximum Gasteiger partial charge on any atom is 0.412 e. The van der Waals surface area contributed by atoms with Gasteiger partial charge in [-0.05, 0) is 59.9 Å². The van der Waals surface area contributed by atoms with Gasteiger partial charge in [-0.2, -0.15) is 0 Å². The highest BCUT2D eigenvalue weighted by Gasteiger charge is 2.45. The number of nitrogens with zero attached hydrogens (tertiary/aromatic N) is 2. The molecular weight excluding hydrogens is 580 g/mol. The Kier molecular flexibility index (Phi) is 7.69. The number of hydrogen-bond acceptors (Lipinski definition) is 9. The number of hydrogen-bond donors (Lipinski definition) is 4. The molecule has 12 nitrogen and oxygen atoms in total. The maximum absolute atomic E-state index is 13.5. The van der Waals surface area contributed by atoms with E-state index in [0.717, 1.165) is 27.6 Å². The fourth-order valence-electron chi connectivity index (χ4n) is 5.88. The molecular formula is C33H30N4O8. The number of ether oxygens (including phenoxy) is 2. The highest BCUT2D eigenvalue weighted by atomic mass is 16.6. The Labute approximate surface area is 256 Å². The molecule has 0 radical (unpaired) electrons. The van der Waals surface area contributed by atoms with Gasteiger partial charge in [0.1, 0.15) is 12.4 Å². The van der Waals surface area contributed by atoms with E-state index in [1.54, 1.807) is 66.1 Å². The van der Waals surface area contributed by atoms with Crippen LogP contribution >= 0.6 is 0 Å². The zero-order chi connectivity index (χ0) is 31.9. The zero-order valence-electron chi connectivity index (χ0n) is 24.5. The average Bonchev–Trinajstić information content (AvgIpc) is 3.42. The number of esters is 1. The Balaban J connectivity index is 1.24. The van der Waals surface area contributed by atoms with Crippen molar-refractivity contribution in [2.24, 2.45) is 0 Å². The van der Waals surface area contributed by atoms with Crippen molar-refractivity contribution in [2.75, 3.05) is 0 Å². The number of hydroxylamine groups is 1. The Hall–Kier alpha value is -5.33. The van der Waals surface area contributed by atoms with E-state index in [2.05, 4.69) is 5.32 Å². The van der Waals surface area contributed by atoms with Crippen LogP contribution in [0.2, 0.25) is 0 Å². The van der Waals surface area contributed by atoms with E-state index in [0.29, 0.717) is 29.1 Å². The minimum absolute atomic E-state index is 0.0631. The van der Waals surface area contributed by atoms with Gasteiger partial charge in [0.25, 0.3) is 11.5 Å². The topological polar surface area (TPSA) is 169 Å². The van der Waals surface area contributed by atoms with Crippen LogP contribution in [0.5, 0.6) is 5.75 Å². The van der Waals surface area contributed by atoms with E-state index in [4.69, 9.17) is 19.7 Å². The molecule has 0 aliphatic carbocycles. The number of carbonyl (C=O) groups is 3. The average molecular weight is 611 g/mol. The van der Waals surface area contributed by atoms with Crippen molar-refractivity contribution >= 4 is 34.9 Å². The summed E-state index contributed by atoms with van der Waals surface area (Å²) in [4.78, 5) is 54.6. The van der Waals surface area contributed by atoms with E-state index in [1.165, 1.54) is 11.6 Å². The SMILES string of the molecule is CCc1c2c(nc3ccc(OC(=O)NCc4ccc(/C=C/C(=O)NO)cc4)cc13)-c1cc3c(c(=O)n1C2)COC(=O)[C@]3(O)CC. The van der Waals surface area contributed by atoms with Crippen LogP contribution in [-0.2, 0) is 46.0 Å². The fourth-order valence-corrected chi connectivity index (χ4v) is 5.88. The van der Waals surface area contributed by atoms with Gasteiger partial charge in [-0.15, -0.1) is 0 Å². The first kappa shape index (κ1) is 29.7. The third kappa shape index (κ3) is 5.23. The van der Waals surface area contributed by atoms with Crippen LogP contribution in [0.1, 0.15) is 53.6 Å². The van der Waals surface area contributed by atoms with Gasteiger partial charge < -0.3 is 24.5 Å². The molecule has 0 bridgehead atoms. The van der Waals surface area contributed by atoms with E-state index < -0.39 is 23.6 Å². The molecule has 12 heteroatoms. The van der Waals surface area contributed by atoms with Gasteiger partial charge in [0, 0.05) is 29.1 Å². The first-order valence-electron chi connectivity index (χ1n) is 14.5. The second-order valence-electron chi connectivity index (χ2n) is 10.8. The van der Waals surface area contributed by atoms with E-state index in [9.17, 15) is 24.3 Å². The first-order chi connectivity index (χ1) is 21.7. The van der Waals surface area contributed by atoms with Gasteiger partial charge in [-0.25, -0.2) is 20.1 Å². The van der Waals surface area contributed by atoms with Crippen molar-refractivity contribution in [3.63, 3.8) is 0 Å². The standard InChI is InChI=1S/C33H30N4O8/c1-3-21-22-13-20(45-32(41)34-15-19-7-5-18(6-8-19)9-12-28(38)36-43)10-11-26(22)35-29-23(21)16-37-27(29)14-25-24(30(37)39)17-44-31(40)33(25,42)4-2/h5-14,42-43H,3-4,15-17H2,1-2H3,(H,34,41)(H,36,38)/b12-9+/t33-/m0/s1. The van der Waals surface area contributed by atoms with Crippen LogP contribution in [-0.4, -0.2) is 37.8 Å². The second kappa shape index (κ2) is 11.6. The monoisotopic (exact) mass is 610 g/mol. The Bertz CT molecular complexity index is 1960. The predicted octanol–water partition coefficient (Wildman–Crippen LogP) is 3.45. The van der Waals surface area contributed by atoms with Gasteiger partial charge in [0.2, 0.25) is 0 Å². The molecule has 2 aromatic carbocycles. The van der Waals surface area contributed by atoms with Crippen LogP contribution in [0, 0.1) is 0 Å². The summed E-state index contributed by atoms with van der Waals surface area (Å²) in [5.74, 6) is -1.08. The van der Waals surface area contributed by atoms with Crippen molar-refractivity contribution in [1.82, 2.24) is 20.3 Å². The number of nitrogens with one attached hydrogen (secondary N) is 2. The largest absolute Gasteiger partial charge is 0.458 e. The lowest BCUT2D eigenvalue weighted by Crippen LogP contribution is -2.44. The number of benzene rings is 2. The second-order valence-corrected chi connectivity index (χ2v) is 10.8. The molecule has 0 spiro atoms. The van der Waals surface area contributed by atoms with E-state index in [1.807, 2.05) is 6.92 Å². The van der Waals surface area contributed by atoms with Crippen LogP contribution in [0.3, 0.4) is 0 Å². The lowest BCUT2D eigenvalue weighted by atomic mass is 9.86. The molecule has 0 unspecified atom stereocenters. The number of aryl methyl sites for hydroxylation is 1. The minimum atomic E-state index is -1.90. The zero-order valence-corrected chi connectivity index (χ0v) is 24.5. The number of carbonyl (C=O) groups excluding carboxylic acids is 3. The van der Waals surface area contributed by atoms with Gasteiger partial charge in [-0.3, -0.25) is 14.8 Å². The summed E-state index contributed by atoms with van der Waals surface area (Å²) >= 11 is 0. The molecule has 0 saturated heterocycles. The molecule has 4 N–H and O–H groups in total. The minimum Gasteiger partial charge on any atom is -0.458 e. The summed E-state index contributed by atoms with van der Waals surface area (Å²) in [5, 5.41) is 23.2. The molecule has 6 rings (SSSR count). The summed E-state index contributed by atoms with van der Waals surface area (Å²) in [6, 6.07) is 14.0. The normalized spacial score (nSPS) is 16.6. The molecule has 230 valence electrons. The predicted molar refractivity (Wildman–Crippen MR) is 162 cm³/mol. The Morgan fingerprint density at radius 3 is 2.60 bits per heavy atom. The number of amides is 2. The Morgan fingerprint density at radius 1 is 1.11 bits per heavy atom. The van der Waals surface area contributed by atoms with Crippen molar-refractivity contribution in [3.05, 3.63) is 98.3 Å². The molecule has 45 heavy (non-hydrogen) atoms. The number of aromatic nitrogens is 2. The number of cyclic esters (lactones) is 1. The number of aliphatic hydroxyl groups is 1. The molecule has 2 aromatic heterocycles. The maximum atomic E-state index is 13.5. The molecule has 0 saturated carbocycles. The van der Waals surface area contributed by atoms with Crippen molar-refractivity contribution < 1.29 is 34.2 Å². The summed E-state index contributed by atoms with van der Waals surface area (Å²) < 4.78 is 12.3. The summed E-state index contributed by atoms with van der Waals surface area (Å²) in [6.07, 6.45) is 2.77. The summed E-state index contributed by atoms with van der Waals surface area (Å²) in [7, 11) is 0. The molecule has 1 atom stereocenters. The van der Waals surface area contributed by atoms with Gasteiger partial charge in [0.05, 0.1) is 29.0 Å². The summed E-state index contributed by atoms with van der Waals surface area (Å²) in [6.45, 7) is 3.95. The molecule has 4 heterocycles. The third-order valence-electron chi connectivity index (χ3n) is 8.30. The van der Waals surface area contributed by atoms with Crippen molar-refractivity contribution in [2.45, 2.75) is 52.0 Å². The third-order valence-corrected chi connectivity index (χ3v) is 8.30. The van der Waals surface area contributed by atoms with Gasteiger partial charge >= 0.3 is 12.1 Å². The van der Waals surface area contributed by atoms with Crippen LogP contribution in [0.25, 0.3) is 28.4 Å². The van der Waals surface area contributed by atoms with Crippen LogP contribution in [0.4, 0.5) is 4.79 Å². The molecule has 2 aliphatic heterocycles. The van der Waals surface area contributed by atoms with E-state index >= 15 is 0 Å². The highest BCUT2D eigenvalue weighted by Crippen LogP contribution is 2.40. The van der Waals surface area contributed by atoms with Crippen LogP contribution < -0.4 is 21.1 Å². The number of fused-ring (bicyclic) bond motifs is 5. The highest BCUT2D eigenvalue weighted by molar-refractivity contribution is 5.91. The molecule has 2 aliphatic rings. The van der Waals surface area contributed by atoms with Crippen LogP contribution in [0.15, 0.2) is 59.4 Å². The van der Waals surface area contributed by atoms with Crippen molar-refractivity contribution in [1.29, 1.82) is 0 Å².